The van der Waals surface area contributed by atoms with E-state index in [0.29, 0.717) is 46.4 Å². The maximum absolute atomic E-state index is 13.2. The second-order valence-electron chi connectivity index (χ2n) is 10.6. The molecule has 8 rings (SSSR count). The Balaban J connectivity index is 0.00000163. The molecule has 0 fully saturated rings. The van der Waals surface area contributed by atoms with E-state index in [1.807, 2.05) is 29.7 Å². The van der Waals surface area contributed by atoms with E-state index < -0.39 is 25.8 Å². The largest absolute Gasteiger partial charge is 1.00 e. The maximum Gasteiger partial charge on any atom is 1.00 e. The summed E-state index contributed by atoms with van der Waals surface area (Å²) in [5, 5.41) is 2.54. The van der Waals surface area contributed by atoms with Crippen LogP contribution < -0.4 is 153 Å². The summed E-state index contributed by atoms with van der Waals surface area (Å²) in [4.78, 5) is 77.3. The van der Waals surface area contributed by atoms with E-state index in [2.05, 4.69) is 0 Å². The molecule has 0 N–H and O–H groups in total. The zero-order valence-electron chi connectivity index (χ0n) is 27.4. The smallest absolute Gasteiger partial charge is 0.807 e. The molecular formula is C32H21N3Na4O8P2. The van der Waals surface area contributed by atoms with E-state index >= 15 is 0 Å². The van der Waals surface area contributed by atoms with E-state index in [1.165, 1.54) is 30.3 Å². The van der Waals surface area contributed by atoms with Gasteiger partial charge in [0.1, 0.15) is 0 Å². The van der Waals surface area contributed by atoms with Crippen LogP contribution in [0.25, 0.3) is 54.4 Å². The molecule has 226 valence electrons. The van der Waals surface area contributed by atoms with Crippen molar-refractivity contribution in [1.82, 2.24) is 9.13 Å². The Morgan fingerprint density at radius 2 is 1.27 bits per heavy atom. The van der Waals surface area contributed by atoms with Crippen LogP contribution in [0.4, 0.5) is 11.4 Å². The second kappa shape index (κ2) is 16.2. The van der Waals surface area contributed by atoms with Crippen LogP contribution in [-0.4, -0.2) is 22.0 Å². The number of hydrogen-bond donors (Lipinski definition) is 0. The molecule has 0 saturated carbocycles. The number of amides is 1. The summed E-state index contributed by atoms with van der Waals surface area (Å²) >= 11 is 0. The summed E-state index contributed by atoms with van der Waals surface area (Å²) in [5.41, 5.74) is 0.697. The summed E-state index contributed by atoms with van der Waals surface area (Å²) in [6, 6.07) is 21.9. The first kappa shape index (κ1) is 42.8. The van der Waals surface area contributed by atoms with Crippen molar-refractivity contribution < 1.29 is 157 Å². The standard InChI is InChI=1S/C32H25N3O8P2.4Na/c1-2-33-24-13-9-19-8-12-22-21-11-7-20-10-14-28(45(41,42)43)26(16-20)35(18-37)32(31(33)29(21)23(24)15-19)30(22)34(17-36)25-5-3-4-6-27(25)44(38,39)40;;;;/h3-18H,2H2,1H3,(H2,38,39,40)(H2,41,42,43);;;;/q;4*+1/p-4. The first-order valence-electron chi connectivity index (χ1n) is 13.8. The van der Waals surface area contributed by atoms with Crippen molar-refractivity contribution in [3.05, 3.63) is 84.9 Å². The minimum absolute atomic E-state index is 0. The third kappa shape index (κ3) is 7.21. The minimum atomic E-state index is -5.46. The fraction of sp³-hybridized carbons (Fsp3) is 0.0625. The molecule has 0 saturated heterocycles. The predicted molar refractivity (Wildman–Crippen MR) is 167 cm³/mol. The number of aryl methyl sites for hydroxylation is 1. The SMILES string of the molecule is CCn1c2ccc3ccc4c(N(C=O)c5ccccc5P(=O)([O-])[O-])c5c1c(c4ccc1ccc(P(=O)([O-])[O-])c(c1)n5C=O)c2c3.[Na+].[Na+].[Na+].[Na+]. The van der Waals surface area contributed by atoms with Crippen LogP contribution in [0.1, 0.15) is 6.92 Å². The summed E-state index contributed by atoms with van der Waals surface area (Å²) in [7, 11) is -10.9. The molecule has 0 aliphatic heterocycles. The number of aromatic nitrogens is 2. The number of benzene rings is 4. The number of carbonyl (C=O) groups excluding carboxylic acids is 2. The van der Waals surface area contributed by atoms with Crippen molar-refractivity contribution in [3.8, 4) is 0 Å². The molecule has 0 spiro atoms. The van der Waals surface area contributed by atoms with Crippen molar-refractivity contribution in [3.63, 3.8) is 0 Å². The number of carbonyl (C=O) groups is 2. The van der Waals surface area contributed by atoms with Crippen LogP contribution >= 0.6 is 15.2 Å². The van der Waals surface area contributed by atoms with Gasteiger partial charge in [-0.05, 0) is 62.5 Å². The van der Waals surface area contributed by atoms with Crippen LogP contribution in [0.2, 0.25) is 0 Å². The number of anilines is 2. The van der Waals surface area contributed by atoms with Crippen LogP contribution in [0, 0.1) is 0 Å². The molecule has 8 bridgehead atoms. The normalized spacial score (nSPS) is 11.5. The Bertz CT molecular complexity index is 2510. The molecule has 49 heavy (non-hydrogen) atoms. The van der Waals surface area contributed by atoms with Gasteiger partial charge in [-0.1, -0.05) is 60.7 Å². The monoisotopic (exact) mass is 729 g/mol. The third-order valence-electron chi connectivity index (χ3n) is 8.23. The molecule has 11 nitrogen and oxygen atoms in total. The first-order valence-corrected chi connectivity index (χ1v) is 16.9. The summed E-state index contributed by atoms with van der Waals surface area (Å²) < 4.78 is 27.9. The maximum atomic E-state index is 13.2. The third-order valence-corrected chi connectivity index (χ3v) is 10.2. The van der Waals surface area contributed by atoms with Gasteiger partial charge in [0.05, 0.1) is 27.9 Å². The Morgan fingerprint density at radius 3 is 1.88 bits per heavy atom. The van der Waals surface area contributed by atoms with E-state index in [1.54, 1.807) is 24.3 Å². The number of hydrogen-bond acceptors (Lipinski definition) is 8. The van der Waals surface area contributed by atoms with Crippen molar-refractivity contribution in [2.24, 2.45) is 0 Å². The molecule has 0 unspecified atom stereocenters. The van der Waals surface area contributed by atoms with Gasteiger partial charge in [-0.25, -0.2) is 0 Å². The first-order chi connectivity index (χ1) is 21.5. The zero-order chi connectivity index (χ0) is 31.8. The Hall–Kier alpha value is -0.600. The van der Waals surface area contributed by atoms with Gasteiger partial charge in [-0.15, -0.1) is 0 Å². The Labute approximate surface area is 368 Å². The molecule has 5 aromatic carbocycles. The number of rotatable bonds is 7. The van der Waals surface area contributed by atoms with Gasteiger partial charge in [0.15, 0.2) is 0 Å². The van der Waals surface area contributed by atoms with Crippen molar-refractivity contribution in [2.45, 2.75) is 13.5 Å². The molecule has 0 radical (unpaired) electrons. The molecule has 8 aromatic rings. The van der Waals surface area contributed by atoms with Crippen LogP contribution in [0.5, 0.6) is 0 Å². The van der Waals surface area contributed by atoms with E-state index in [9.17, 15) is 38.3 Å². The molecule has 0 aliphatic carbocycles. The molecular weight excluding hydrogens is 708 g/mol. The van der Waals surface area contributed by atoms with Gasteiger partial charge in [0, 0.05) is 38.8 Å². The number of para-hydroxylation sites is 1. The van der Waals surface area contributed by atoms with Gasteiger partial charge >= 0.3 is 118 Å². The van der Waals surface area contributed by atoms with Gasteiger partial charge in [0.2, 0.25) is 12.8 Å². The van der Waals surface area contributed by atoms with E-state index in [-0.39, 0.29) is 141 Å². The second-order valence-corrected chi connectivity index (χ2v) is 13.6. The fourth-order valence-corrected chi connectivity index (χ4v) is 7.87. The Kier molecular flexibility index (Phi) is 14.1. The topological polar surface area (TPSA) is 174 Å². The molecule has 1 amide bonds. The molecule has 17 heteroatoms. The average Bonchev–Trinajstić information content (AvgIpc) is 3.30. The van der Waals surface area contributed by atoms with E-state index in [0.717, 1.165) is 37.9 Å². The fourth-order valence-electron chi connectivity index (χ4n) is 6.43. The molecule has 0 aliphatic rings. The summed E-state index contributed by atoms with van der Waals surface area (Å²) in [5.74, 6) is 0. The predicted octanol–water partition coefficient (Wildman–Crippen LogP) is -9.50. The quantitative estimate of drug-likeness (QED) is 0.0884. The Morgan fingerprint density at radius 1 is 0.673 bits per heavy atom. The van der Waals surface area contributed by atoms with Gasteiger partial charge in [-0.3, -0.25) is 19.1 Å². The molecule has 3 aromatic heterocycles. The summed E-state index contributed by atoms with van der Waals surface area (Å²) in [6.07, 6.45) is 0.689. The van der Waals surface area contributed by atoms with Gasteiger partial charge < -0.3 is 33.3 Å². The molecule has 3 heterocycles. The van der Waals surface area contributed by atoms with Crippen molar-refractivity contribution >= 4 is 104 Å². The molecule has 0 atom stereocenters. The number of fused-ring (bicyclic) bond motifs is 2. The van der Waals surface area contributed by atoms with Crippen LogP contribution in [0.15, 0.2) is 84.9 Å². The van der Waals surface area contributed by atoms with Crippen molar-refractivity contribution in [2.75, 3.05) is 4.90 Å². The minimum Gasteiger partial charge on any atom is -0.807 e. The van der Waals surface area contributed by atoms with Crippen LogP contribution in [0.3, 0.4) is 0 Å². The summed E-state index contributed by atoms with van der Waals surface area (Å²) in [6.45, 7) is 2.25. The van der Waals surface area contributed by atoms with E-state index in [4.69, 9.17) is 0 Å². The number of nitrogens with zero attached hydrogens (tertiary/aromatic N) is 3. The zero-order valence-corrected chi connectivity index (χ0v) is 37.2. The average molecular weight is 729 g/mol. The van der Waals surface area contributed by atoms with Crippen molar-refractivity contribution in [1.29, 1.82) is 0 Å². The van der Waals surface area contributed by atoms with Crippen LogP contribution in [-0.2, 0) is 25.3 Å². The van der Waals surface area contributed by atoms with Gasteiger partial charge in [-0.2, -0.15) is 0 Å². The van der Waals surface area contributed by atoms with Gasteiger partial charge in [0.25, 0.3) is 0 Å².